The summed E-state index contributed by atoms with van der Waals surface area (Å²) in [6, 6.07) is 11.5. The predicted molar refractivity (Wildman–Crippen MR) is 96.9 cm³/mol. The summed E-state index contributed by atoms with van der Waals surface area (Å²) in [6.07, 6.45) is 0. The molecule has 3 rings (SSSR count). The first kappa shape index (κ1) is 19.9. The van der Waals surface area contributed by atoms with Gasteiger partial charge >= 0.3 is 0 Å². The smallest absolute Gasteiger partial charge is 0.254 e. The van der Waals surface area contributed by atoms with Crippen molar-refractivity contribution in [1.82, 2.24) is 15.1 Å². The molecule has 1 aliphatic heterocycles. The number of benzene rings is 2. The van der Waals surface area contributed by atoms with E-state index in [4.69, 9.17) is 0 Å². The minimum absolute atomic E-state index is 0.310. The lowest BCUT2D eigenvalue weighted by atomic mass is 10.2. The van der Waals surface area contributed by atoms with Crippen molar-refractivity contribution < 1.29 is 22.8 Å². The number of nitrogens with one attached hydrogen (secondary N) is 1. The molecule has 1 saturated heterocycles. The molecule has 0 saturated carbocycles. The number of nitrogens with zero attached hydrogens (tertiary/aromatic N) is 2. The first-order valence-corrected chi connectivity index (χ1v) is 8.91. The number of piperazine rings is 1. The van der Waals surface area contributed by atoms with E-state index in [1.54, 1.807) is 4.90 Å². The molecule has 2 amide bonds. The molecule has 148 valence electrons. The van der Waals surface area contributed by atoms with E-state index in [1.165, 1.54) is 5.56 Å². The molecule has 0 aromatic heterocycles. The second-order valence-electron chi connectivity index (χ2n) is 6.55. The van der Waals surface area contributed by atoms with Crippen molar-refractivity contribution in [3.8, 4) is 0 Å². The summed E-state index contributed by atoms with van der Waals surface area (Å²) in [5.74, 6) is -5.94. The lowest BCUT2D eigenvalue weighted by molar-refractivity contribution is -0.131. The van der Waals surface area contributed by atoms with Crippen LogP contribution in [-0.4, -0.2) is 54.3 Å². The maximum absolute atomic E-state index is 13.6. The highest BCUT2D eigenvalue weighted by Crippen LogP contribution is 2.15. The third-order valence-corrected chi connectivity index (χ3v) is 4.65. The van der Waals surface area contributed by atoms with Crippen LogP contribution in [0, 0.1) is 17.5 Å². The molecule has 1 aliphatic rings. The highest BCUT2D eigenvalue weighted by Gasteiger charge is 2.23. The molecule has 0 aliphatic carbocycles. The van der Waals surface area contributed by atoms with Gasteiger partial charge in [-0.1, -0.05) is 30.3 Å². The van der Waals surface area contributed by atoms with Gasteiger partial charge in [-0.15, -0.1) is 0 Å². The molecule has 2 aromatic rings. The van der Waals surface area contributed by atoms with Gasteiger partial charge in [-0.25, -0.2) is 13.2 Å². The first-order chi connectivity index (χ1) is 13.5. The molecule has 1 fully saturated rings. The van der Waals surface area contributed by atoms with E-state index in [-0.39, 0.29) is 12.5 Å². The molecule has 28 heavy (non-hydrogen) atoms. The Labute approximate surface area is 160 Å². The molecule has 0 spiro atoms. The highest BCUT2D eigenvalue weighted by molar-refractivity contribution is 5.96. The fourth-order valence-electron chi connectivity index (χ4n) is 3.06. The average Bonchev–Trinajstić information content (AvgIpc) is 2.71. The van der Waals surface area contributed by atoms with Crippen LogP contribution >= 0.6 is 0 Å². The second kappa shape index (κ2) is 8.88. The van der Waals surface area contributed by atoms with Gasteiger partial charge in [0.15, 0.2) is 17.5 Å². The molecular weight excluding hydrogens is 371 g/mol. The van der Waals surface area contributed by atoms with Crippen molar-refractivity contribution in [2.75, 3.05) is 32.7 Å². The topological polar surface area (TPSA) is 52.7 Å². The predicted octanol–water partition coefficient (Wildman–Crippen LogP) is 2.18. The molecule has 8 heteroatoms. The Bertz CT molecular complexity index is 853. The molecule has 5 nitrogen and oxygen atoms in total. The van der Waals surface area contributed by atoms with Crippen molar-refractivity contribution in [2.45, 2.75) is 6.54 Å². The summed E-state index contributed by atoms with van der Waals surface area (Å²) < 4.78 is 39.8. The SMILES string of the molecule is O=C(NCC(=O)N1CCN(Cc2ccccc2)CC1)c1ccc(F)c(F)c1F. The maximum Gasteiger partial charge on any atom is 0.254 e. The van der Waals surface area contributed by atoms with Crippen molar-refractivity contribution >= 4 is 11.8 Å². The zero-order chi connectivity index (χ0) is 20.1. The van der Waals surface area contributed by atoms with Crippen LogP contribution in [0.4, 0.5) is 13.2 Å². The molecule has 0 atom stereocenters. The van der Waals surface area contributed by atoms with Crippen LogP contribution < -0.4 is 5.32 Å². The van der Waals surface area contributed by atoms with E-state index >= 15 is 0 Å². The van der Waals surface area contributed by atoms with E-state index < -0.39 is 28.9 Å². The maximum atomic E-state index is 13.6. The fourth-order valence-corrected chi connectivity index (χ4v) is 3.06. The van der Waals surface area contributed by atoms with Gasteiger partial charge in [0.1, 0.15) is 0 Å². The van der Waals surface area contributed by atoms with Crippen LogP contribution in [0.15, 0.2) is 42.5 Å². The highest BCUT2D eigenvalue weighted by atomic mass is 19.2. The molecule has 0 unspecified atom stereocenters. The second-order valence-corrected chi connectivity index (χ2v) is 6.55. The van der Waals surface area contributed by atoms with Crippen LogP contribution in [0.25, 0.3) is 0 Å². The standard InChI is InChI=1S/C20H20F3N3O2/c21-16-7-6-15(18(22)19(16)23)20(28)24-12-17(27)26-10-8-25(9-11-26)13-14-4-2-1-3-5-14/h1-7H,8-13H2,(H,24,28). The third kappa shape index (κ3) is 4.69. The minimum atomic E-state index is -1.71. The van der Waals surface area contributed by atoms with Crippen LogP contribution in [0.1, 0.15) is 15.9 Å². The van der Waals surface area contributed by atoms with Crippen LogP contribution in [0.3, 0.4) is 0 Å². The lowest BCUT2D eigenvalue weighted by Crippen LogP contribution is -2.50. The zero-order valence-corrected chi connectivity index (χ0v) is 15.1. The summed E-state index contributed by atoms with van der Waals surface area (Å²) in [6.45, 7) is 2.89. The van der Waals surface area contributed by atoms with Crippen LogP contribution in [-0.2, 0) is 11.3 Å². The number of rotatable bonds is 5. The number of hydrogen-bond donors (Lipinski definition) is 1. The Morgan fingerprint density at radius 2 is 1.57 bits per heavy atom. The Balaban J connectivity index is 1.47. The number of carbonyl (C=O) groups is 2. The van der Waals surface area contributed by atoms with Gasteiger partial charge in [0.2, 0.25) is 5.91 Å². The van der Waals surface area contributed by atoms with Crippen molar-refractivity contribution in [2.24, 2.45) is 0 Å². The van der Waals surface area contributed by atoms with Gasteiger partial charge in [-0.3, -0.25) is 14.5 Å². The van der Waals surface area contributed by atoms with Crippen LogP contribution in [0.5, 0.6) is 0 Å². The summed E-state index contributed by atoms with van der Waals surface area (Å²) in [7, 11) is 0. The van der Waals surface area contributed by atoms with E-state index in [9.17, 15) is 22.8 Å². The average molecular weight is 391 g/mol. The van der Waals surface area contributed by atoms with Crippen LogP contribution in [0.2, 0.25) is 0 Å². The van der Waals surface area contributed by atoms with Gasteiger partial charge in [0, 0.05) is 32.7 Å². The molecule has 0 bridgehead atoms. The quantitative estimate of drug-likeness (QED) is 0.795. The van der Waals surface area contributed by atoms with E-state index in [0.717, 1.165) is 12.6 Å². The van der Waals surface area contributed by atoms with Gasteiger partial charge in [0.25, 0.3) is 5.91 Å². The van der Waals surface area contributed by atoms with E-state index in [1.807, 2.05) is 30.3 Å². The molecule has 0 radical (unpaired) electrons. The van der Waals surface area contributed by atoms with E-state index in [2.05, 4.69) is 10.2 Å². The molecule has 1 heterocycles. The Hall–Kier alpha value is -2.87. The Morgan fingerprint density at radius 3 is 2.25 bits per heavy atom. The van der Waals surface area contributed by atoms with Gasteiger partial charge in [0.05, 0.1) is 12.1 Å². The Morgan fingerprint density at radius 1 is 0.893 bits per heavy atom. The first-order valence-electron chi connectivity index (χ1n) is 8.91. The Kier molecular flexibility index (Phi) is 6.30. The number of halogens is 3. The van der Waals surface area contributed by atoms with E-state index in [0.29, 0.717) is 32.2 Å². The molecule has 2 aromatic carbocycles. The third-order valence-electron chi connectivity index (χ3n) is 4.65. The summed E-state index contributed by atoms with van der Waals surface area (Å²) >= 11 is 0. The lowest BCUT2D eigenvalue weighted by Gasteiger charge is -2.34. The minimum Gasteiger partial charge on any atom is -0.343 e. The molecular formula is C20H20F3N3O2. The fraction of sp³-hybridized carbons (Fsp3) is 0.300. The van der Waals surface area contributed by atoms with Crippen molar-refractivity contribution in [1.29, 1.82) is 0 Å². The number of hydrogen-bond acceptors (Lipinski definition) is 3. The van der Waals surface area contributed by atoms with Gasteiger partial charge < -0.3 is 10.2 Å². The largest absolute Gasteiger partial charge is 0.343 e. The summed E-state index contributed by atoms with van der Waals surface area (Å²) in [5.41, 5.74) is 0.558. The number of carbonyl (C=O) groups excluding carboxylic acids is 2. The summed E-state index contributed by atoms with van der Waals surface area (Å²) in [5, 5.41) is 2.26. The molecule has 1 N–H and O–H groups in total. The summed E-state index contributed by atoms with van der Waals surface area (Å²) in [4.78, 5) is 28.1. The van der Waals surface area contributed by atoms with Crippen molar-refractivity contribution in [3.63, 3.8) is 0 Å². The monoisotopic (exact) mass is 391 g/mol. The van der Waals surface area contributed by atoms with Gasteiger partial charge in [-0.05, 0) is 17.7 Å². The van der Waals surface area contributed by atoms with Crippen molar-refractivity contribution in [3.05, 3.63) is 71.0 Å². The zero-order valence-electron chi connectivity index (χ0n) is 15.1. The van der Waals surface area contributed by atoms with Gasteiger partial charge in [-0.2, -0.15) is 0 Å². The normalized spacial score (nSPS) is 14.8. The number of amides is 2.